The molecular formula is C10H11OS. The second-order valence-electron chi connectivity index (χ2n) is 2.41. The lowest BCUT2D eigenvalue weighted by Gasteiger charge is -1.97. The van der Waals surface area contributed by atoms with Gasteiger partial charge >= 0.3 is 0 Å². The van der Waals surface area contributed by atoms with Gasteiger partial charge in [0.05, 0.1) is 0 Å². The van der Waals surface area contributed by atoms with E-state index in [4.69, 9.17) is 0 Å². The van der Waals surface area contributed by atoms with Crippen LogP contribution in [-0.2, 0) is 4.79 Å². The predicted octanol–water partition coefficient (Wildman–Crippen LogP) is 2.67. The van der Waals surface area contributed by atoms with Crippen molar-refractivity contribution in [1.29, 1.82) is 0 Å². The van der Waals surface area contributed by atoms with Gasteiger partial charge in [-0.3, -0.25) is 4.79 Å². The maximum atomic E-state index is 9.88. The average Bonchev–Trinajstić information content (AvgIpc) is 2.14. The van der Waals surface area contributed by atoms with Crippen LogP contribution >= 0.6 is 11.8 Å². The molecule has 0 spiro atoms. The highest BCUT2D eigenvalue weighted by molar-refractivity contribution is 7.99. The summed E-state index contributed by atoms with van der Waals surface area (Å²) in [7, 11) is 0. The van der Waals surface area contributed by atoms with E-state index in [0.717, 1.165) is 12.2 Å². The zero-order valence-electron chi connectivity index (χ0n) is 6.82. The van der Waals surface area contributed by atoms with Crippen LogP contribution in [0.25, 0.3) is 0 Å². The molecule has 1 aromatic rings. The summed E-state index contributed by atoms with van der Waals surface area (Å²) in [5.74, 6) is 0.999. The van der Waals surface area contributed by atoms with Gasteiger partial charge in [-0.1, -0.05) is 18.2 Å². The van der Waals surface area contributed by atoms with Gasteiger partial charge in [-0.2, -0.15) is 0 Å². The SMILES string of the molecule is O=[C]CCCSc1ccccc1. The van der Waals surface area contributed by atoms with Crippen LogP contribution in [0.15, 0.2) is 35.2 Å². The van der Waals surface area contributed by atoms with Crippen LogP contribution in [0.1, 0.15) is 12.8 Å². The molecule has 12 heavy (non-hydrogen) atoms. The summed E-state index contributed by atoms with van der Waals surface area (Å²) in [6.45, 7) is 0. The molecule has 0 bridgehead atoms. The van der Waals surface area contributed by atoms with Crippen LogP contribution < -0.4 is 0 Å². The van der Waals surface area contributed by atoms with Crippen molar-refractivity contribution in [3.05, 3.63) is 30.3 Å². The highest BCUT2D eigenvalue weighted by Gasteiger charge is 1.91. The van der Waals surface area contributed by atoms with Crippen molar-refractivity contribution in [3.63, 3.8) is 0 Å². The molecule has 1 aromatic carbocycles. The third-order valence-electron chi connectivity index (χ3n) is 1.44. The number of carbonyl (C=O) groups excluding carboxylic acids is 1. The van der Waals surface area contributed by atoms with Gasteiger partial charge in [-0.15, -0.1) is 11.8 Å². The van der Waals surface area contributed by atoms with Gasteiger partial charge in [-0.25, -0.2) is 0 Å². The van der Waals surface area contributed by atoms with Crippen molar-refractivity contribution < 1.29 is 4.79 Å². The number of hydrogen-bond donors (Lipinski definition) is 0. The fourth-order valence-corrected chi connectivity index (χ4v) is 1.73. The van der Waals surface area contributed by atoms with E-state index in [-0.39, 0.29) is 0 Å². The topological polar surface area (TPSA) is 17.1 Å². The Morgan fingerprint density at radius 3 is 2.67 bits per heavy atom. The monoisotopic (exact) mass is 179 g/mol. The van der Waals surface area contributed by atoms with Crippen LogP contribution in [0.3, 0.4) is 0 Å². The molecule has 0 aromatic heterocycles. The maximum absolute atomic E-state index is 9.88. The summed E-state index contributed by atoms with van der Waals surface area (Å²) in [6.07, 6.45) is 3.37. The van der Waals surface area contributed by atoms with Crippen LogP contribution in [0.5, 0.6) is 0 Å². The number of thioether (sulfide) groups is 1. The molecule has 0 aliphatic rings. The molecule has 0 aliphatic heterocycles. The largest absolute Gasteiger partial charge is 0.291 e. The molecule has 0 fully saturated rings. The Labute approximate surface area is 77.2 Å². The average molecular weight is 179 g/mol. The van der Waals surface area contributed by atoms with Crippen LogP contribution in [-0.4, -0.2) is 12.0 Å². The van der Waals surface area contributed by atoms with Gasteiger partial charge in [-0.05, 0) is 24.3 Å². The van der Waals surface area contributed by atoms with Crippen molar-refractivity contribution in [2.75, 3.05) is 5.75 Å². The van der Waals surface area contributed by atoms with Gasteiger partial charge in [0, 0.05) is 11.3 Å². The van der Waals surface area contributed by atoms with E-state index in [2.05, 4.69) is 12.1 Å². The number of hydrogen-bond acceptors (Lipinski definition) is 2. The lowest BCUT2D eigenvalue weighted by atomic mass is 10.4. The lowest BCUT2D eigenvalue weighted by molar-refractivity contribution is 0.550. The van der Waals surface area contributed by atoms with Gasteiger partial charge in [0.2, 0.25) is 0 Å². The van der Waals surface area contributed by atoms with Gasteiger partial charge in [0.15, 0.2) is 6.29 Å². The molecule has 0 N–H and O–H groups in total. The third kappa shape index (κ3) is 3.58. The Morgan fingerprint density at radius 2 is 2.00 bits per heavy atom. The second kappa shape index (κ2) is 5.84. The Morgan fingerprint density at radius 1 is 1.25 bits per heavy atom. The number of unbranched alkanes of at least 4 members (excludes halogenated alkanes) is 1. The molecule has 0 aliphatic carbocycles. The fraction of sp³-hybridized carbons (Fsp3) is 0.300. The van der Waals surface area contributed by atoms with E-state index in [1.165, 1.54) is 4.90 Å². The molecule has 1 rings (SSSR count). The minimum Gasteiger partial charge on any atom is -0.291 e. The molecular weight excluding hydrogens is 168 g/mol. The number of rotatable bonds is 5. The molecule has 1 nitrogen and oxygen atoms in total. The molecule has 2 heteroatoms. The first kappa shape index (κ1) is 9.33. The van der Waals surface area contributed by atoms with Crippen molar-refractivity contribution in [2.24, 2.45) is 0 Å². The van der Waals surface area contributed by atoms with E-state index in [0.29, 0.717) is 6.42 Å². The van der Waals surface area contributed by atoms with Gasteiger partial charge < -0.3 is 0 Å². The molecule has 0 saturated carbocycles. The van der Waals surface area contributed by atoms with Gasteiger partial charge in [0.25, 0.3) is 0 Å². The molecule has 0 heterocycles. The number of benzene rings is 1. The minimum absolute atomic E-state index is 0.555. The Bertz CT molecular complexity index is 221. The second-order valence-corrected chi connectivity index (χ2v) is 3.58. The van der Waals surface area contributed by atoms with Crippen LogP contribution in [0.2, 0.25) is 0 Å². The standard InChI is InChI=1S/C10H11OS/c11-8-4-5-9-12-10-6-2-1-3-7-10/h1-3,6-7H,4-5,9H2. The van der Waals surface area contributed by atoms with E-state index in [9.17, 15) is 4.79 Å². The zero-order valence-corrected chi connectivity index (χ0v) is 7.64. The highest BCUT2D eigenvalue weighted by Crippen LogP contribution is 2.17. The third-order valence-corrected chi connectivity index (χ3v) is 2.53. The van der Waals surface area contributed by atoms with Crippen LogP contribution in [0, 0.1) is 0 Å². The van der Waals surface area contributed by atoms with E-state index < -0.39 is 0 Å². The Balaban J connectivity index is 2.20. The summed E-state index contributed by atoms with van der Waals surface area (Å²) in [6, 6.07) is 10.2. The molecule has 1 radical (unpaired) electrons. The predicted molar refractivity (Wildman–Crippen MR) is 52.1 cm³/mol. The van der Waals surface area contributed by atoms with Crippen molar-refractivity contribution >= 4 is 18.0 Å². The first-order valence-electron chi connectivity index (χ1n) is 3.96. The quantitative estimate of drug-likeness (QED) is 0.510. The van der Waals surface area contributed by atoms with E-state index >= 15 is 0 Å². The smallest absolute Gasteiger partial charge is 0.198 e. The summed E-state index contributed by atoms with van der Waals surface area (Å²) in [4.78, 5) is 11.1. The van der Waals surface area contributed by atoms with E-state index in [1.54, 1.807) is 11.8 Å². The maximum Gasteiger partial charge on any atom is 0.198 e. The molecule has 0 amide bonds. The molecule has 0 atom stereocenters. The molecule has 0 unspecified atom stereocenters. The van der Waals surface area contributed by atoms with Crippen LogP contribution in [0.4, 0.5) is 0 Å². The van der Waals surface area contributed by atoms with Crippen molar-refractivity contribution in [2.45, 2.75) is 17.7 Å². The van der Waals surface area contributed by atoms with Crippen molar-refractivity contribution in [3.8, 4) is 0 Å². The first-order valence-corrected chi connectivity index (χ1v) is 4.95. The highest BCUT2D eigenvalue weighted by atomic mass is 32.2. The fourth-order valence-electron chi connectivity index (χ4n) is 0.851. The first-order chi connectivity index (χ1) is 5.93. The normalized spacial score (nSPS) is 9.67. The Hall–Kier alpha value is -0.760. The van der Waals surface area contributed by atoms with E-state index in [1.807, 2.05) is 24.5 Å². The summed E-state index contributed by atoms with van der Waals surface area (Å²) < 4.78 is 0. The molecule has 0 saturated heterocycles. The molecule has 63 valence electrons. The lowest BCUT2D eigenvalue weighted by Crippen LogP contribution is -1.80. The van der Waals surface area contributed by atoms with Crippen molar-refractivity contribution in [1.82, 2.24) is 0 Å². The Kier molecular flexibility index (Phi) is 4.54. The zero-order chi connectivity index (χ0) is 8.65. The summed E-state index contributed by atoms with van der Waals surface area (Å²) >= 11 is 1.78. The summed E-state index contributed by atoms with van der Waals surface area (Å²) in [5.41, 5.74) is 0. The minimum atomic E-state index is 0.555. The van der Waals surface area contributed by atoms with Gasteiger partial charge in [0.1, 0.15) is 0 Å². The summed E-state index contributed by atoms with van der Waals surface area (Å²) in [5, 5.41) is 0.